The van der Waals surface area contributed by atoms with Gasteiger partial charge in [-0.15, -0.1) is 11.8 Å². The highest BCUT2D eigenvalue weighted by molar-refractivity contribution is 8.03. The number of thioether (sulfide) groups is 1. The van der Waals surface area contributed by atoms with Gasteiger partial charge in [0, 0.05) is 24.0 Å². The Hall–Kier alpha value is -2.60. The molecule has 0 bridgehead atoms. The molecule has 3 rings (SSSR count). The van der Waals surface area contributed by atoms with Gasteiger partial charge in [-0.25, -0.2) is 0 Å². The van der Waals surface area contributed by atoms with Gasteiger partial charge >= 0.3 is 0 Å². The maximum Gasteiger partial charge on any atom is 0.255 e. The molecule has 0 unspecified atom stereocenters. The first-order chi connectivity index (χ1) is 19.1. The fourth-order valence-electron chi connectivity index (χ4n) is 4.79. The Balaban J connectivity index is 1.33. The van der Waals surface area contributed by atoms with Crippen LogP contribution in [-0.4, -0.2) is 30.4 Å². The predicted octanol–water partition coefficient (Wildman–Crippen LogP) is 9.39. The molecule has 1 heterocycles. The molecule has 0 spiro atoms. The average molecular weight is 553 g/mol. The van der Waals surface area contributed by atoms with Crippen molar-refractivity contribution in [2.75, 3.05) is 24.9 Å². The maximum absolute atomic E-state index is 12.9. The third kappa shape index (κ3) is 11.6. The molecule has 0 saturated carbocycles. The van der Waals surface area contributed by atoms with E-state index in [4.69, 9.17) is 9.47 Å². The van der Waals surface area contributed by atoms with E-state index in [0.717, 1.165) is 24.5 Å². The van der Waals surface area contributed by atoms with Crippen LogP contribution in [0.2, 0.25) is 0 Å². The normalized spacial score (nSPS) is 12.9. The summed E-state index contributed by atoms with van der Waals surface area (Å²) in [5.41, 5.74) is 2.54. The maximum atomic E-state index is 12.9. The van der Waals surface area contributed by atoms with E-state index < -0.39 is 0 Å². The van der Waals surface area contributed by atoms with Crippen molar-refractivity contribution < 1.29 is 14.3 Å². The first-order valence-electron chi connectivity index (χ1n) is 14.9. The van der Waals surface area contributed by atoms with E-state index in [2.05, 4.69) is 42.4 Å². The molecule has 2 aromatic carbocycles. The summed E-state index contributed by atoms with van der Waals surface area (Å²) < 4.78 is 11.5. The second kappa shape index (κ2) is 17.9. The van der Waals surface area contributed by atoms with E-state index in [1.807, 2.05) is 30.0 Å². The monoisotopic (exact) mass is 552 g/mol. The molecule has 0 fully saturated rings. The van der Waals surface area contributed by atoms with Crippen molar-refractivity contribution >= 4 is 23.4 Å². The van der Waals surface area contributed by atoms with Crippen LogP contribution in [0.1, 0.15) is 107 Å². The van der Waals surface area contributed by atoms with Gasteiger partial charge in [0.25, 0.3) is 5.91 Å². The number of carbonyl (C=O) groups is 1. The van der Waals surface area contributed by atoms with E-state index in [1.54, 1.807) is 19.2 Å². The molecule has 6 heteroatoms. The minimum Gasteiger partial charge on any atom is -0.493 e. The van der Waals surface area contributed by atoms with Crippen LogP contribution in [0.25, 0.3) is 0 Å². The van der Waals surface area contributed by atoms with Gasteiger partial charge < -0.3 is 19.7 Å². The van der Waals surface area contributed by atoms with Crippen LogP contribution in [-0.2, 0) is 6.54 Å². The molecule has 0 aliphatic carbocycles. The first kappa shape index (κ1) is 30.9. The SMILES string of the molecule is CCCCCCCCCCCCCCOc1ccc(C(=O)Nc2ccc(CN3C=C(C)SC3)cc2)cc1OC. The van der Waals surface area contributed by atoms with E-state index in [0.29, 0.717) is 23.7 Å². The van der Waals surface area contributed by atoms with E-state index >= 15 is 0 Å². The van der Waals surface area contributed by atoms with Gasteiger partial charge in [0.2, 0.25) is 0 Å². The highest BCUT2D eigenvalue weighted by Crippen LogP contribution is 2.29. The average Bonchev–Trinajstić information content (AvgIpc) is 3.36. The Morgan fingerprint density at radius 3 is 2.10 bits per heavy atom. The Morgan fingerprint density at radius 2 is 1.51 bits per heavy atom. The molecule has 1 aliphatic heterocycles. The molecule has 0 atom stereocenters. The number of hydrogen-bond acceptors (Lipinski definition) is 5. The van der Waals surface area contributed by atoms with Gasteiger partial charge in [0.15, 0.2) is 11.5 Å². The predicted molar refractivity (Wildman–Crippen MR) is 166 cm³/mol. The number of methoxy groups -OCH3 is 1. The van der Waals surface area contributed by atoms with Gasteiger partial charge in [-0.3, -0.25) is 4.79 Å². The van der Waals surface area contributed by atoms with Crippen LogP contribution in [0.4, 0.5) is 5.69 Å². The van der Waals surface area contributed by atoms with Gasteiger partial charge in [-0.2, -0.15) is 0 Å². The number of anilines is 1. The van der Waals surface area contributed by atoms with Crippen molar-refractivity contribution in [3.63, 3.8) is 0 Å². The number of hydrogen-bond donors (Lipinski definition) is 1. The first-order valence-corrected chi connectivity index (χ1v) is 15.8. The molecule has 1 N–H and O–H groups in total. The van der Waals surface area contributed by atoms with Crippen molar-refractivity contribution in [3.8, 4) is 11.5 Å². The molecule has 0 aromatic heterocycles. The number of amides is 1. The lowest BCUT2D eigenvalue weighted by Crippen LogP contribution is -2.13. The van der Waals surface area contributed by atoms with Crippen molar-refractivity contribution in [1.82, 2.24) is 4.90 Å². The smallest absolute Gasteiger partial charge is 0.255 e. The number of allylic oxidation sites excluding steroid dienone is 1. The Kier molecular flexibility index (Phi) is 14.2. The highest BCUT2D eigenvalue weighted by Gasteiger charge is 2.13. The summed E-state index contributed by atoms with van der Waals surface area (Å²) in [6.45, 7) is 5.94. The van der Waals surface area contributed by atoms with Crippen molar-refractivity contribution in [2.45, 2.75) is 97.4 Å². The van der Waals surface area contributed by atoms with E-state index in [1.165, 1.54) is 81.1 Å². The molecule has 1 aliphatic rings. The minimum atomic E-state index is -0.164. The van der Waals surface area contributed by atoms with Crippen molar-refractivity contribution in [3.05, 3.63) is 64.7 Å². The zero-order chi connectivity index (χ0) is 27.7. The van der Waals surface area contributed by atoms with Gasteiger partial charge in [-0.05, 0) is 54.1 Å². The number of rotatable bonds is 19. The lowest BCUT2D eigenvalue weighted by molar-refractivity contribution is 0.102. The van der Waals surface area contributed by atoms with E-state index in [-0.39, 0.29) is 5.91 Å². The number of benzene rings is 2. The Labute approximate surface area is 240 Å². The molecule has 39 heavy (non-hydrogen) atoms. The van der Waals surface area contributed by atoms with Gasteiger partial charge in [-0.1, -0.05) is 89.7 Å². The number of nitrogens with one attached hydrogen (secondary N) is 1. The van der Waals surface area contributed by atoms with Crippen LogP contribution < -0.4 is 14.8 Å². The third-order valence-corrected chi connectivity index (χ3v) is 8.12. The highest BCUT2D eigenvalue weighted by atomic mass is 32.2. The van der Waals surface area contributed by atoms with Crippen LogP contribution in [0.3, 0.4) is 0 Å². The molecule has 214 valence electrons. The van der Waals surface area contributed by atoms with Gasteiger partial charge in [0.1, 0.15) is 0 Å². The molecular weight excluding hydrogens is 504 g/mol. The molecule has 0 saturated heterocycles. The lowest BCUT2D eigenvalue weighted by Gasteiger charge is -2.15. The summed E-state index contributed by atoms with van der Waals surface area (Å²) in [4.78, 5) is 16.5. The summed E-state index contributed by atoms with van der Waals surface area (Å²) in [5, 5.41) is 2.99. The quantitative estimate of drug-likeness (QED) is 0.176. The summed E-state index contributed by atoms with van der Waals surface area (Å²) >= 11 is 1.86. The minimum absolute atomic E-state index is 0.164. The third-order valence-electron chi connectivity index (χ3n) is 7.10. The lowest BCUT2D eigenvalue weighted by atomic mass is 10.1. The molecule has 1 amide bonds. The largest absolute Gasteiger partial charge is 0.493 e. The second-order valence-corrected chi connectivity index (χ2v) is 11.7. The van der Waals surface area contributed by atoms with Crippen LogP contribution in [0, 0.1) is 0 Å². The Morgan fingerprint density at radius 1 is 0.872 bits per heavy atom. The summed E-state index contributed by atoms with van der Waals surface area (Å²) in [7, 11) is 1.61. The van der Waals surface area contributed by atoms with Crippen LogP contribution >= 0.6 is 11.8 Å². The standard InChI is InChI=1S/C33H48N2O3S/c1-4-5-6-7-8-9-10-11-12-13-14-15-22-38-31-21-18-29(23-32(31)37-3)33(36)34-30-19-16-28(17-20-30)25-35-24-27(2)39-26-35/h16-21,23-24H,4-15,22,25-26H2,1-3H3,(H,34,36). The van der Waals surface area contributed by atoms with Crippen LogP contribution in [0.15, 0.2) is 53.6 Å². The van der Waals surface area contributed by atoms with Gasteiger partial charge in [0.05, 0.1) is 19.6 Å². The number of carbonyl (C=O) groups excluding carboxylic acids is 1. The van der Waals surface area contributed by atoms with Crippen LogP contribution in [0.5, 0.6) is 11.5 Å². The summed E-state index contributed by atoms with van der Waals surface area (Å²) in [5.74, 6) is 2.10. The van der Waals surface area contributed by atoms with Crippen molar-refractivity contribution in [2.24, 2.45) is 0 Å². The number of unbranched alkanes of at least 4 members (excludes halogenated alkanes) is 11. The summed E-state index contributed by atoms with van der Waals surface area (Å²) in [6.07, 6.45) is 18.0. The number of nitrogens with zero attached hydrogens (tertiary/aromatic N) is 1. The van der Waals surface area contributed by atoms with E-state index in [9.17, 15) is 4.79 Å². The summed E-state index contributed by atoms with van der Waals surface area (Å²) in [6, 6.07) is 13.4. The molecule has 0 radical (unpaired) electrons. The topological polar surface area (TPSA) is 50.8 Å². The zero-order valence-corrected chi connectivity index (χ0v) is 25.1. The second-order valence-electron chi connectivity index (χ2n) is 10.5. The Bertz CT molecular complexity index is 1020. The fourth-order valence-corrected chi connectivity index (χ4v) is 5.55. The van der Waals surface area contributed by atoms with Crippen molar-refractivity contribution in [1.29, 1.82) is 0 Å². The zero-order valence-electron chi connectivity index (χ0n) is 24.3. The fraction of sp³-hybridized carbons (Fsp3) is 0.545. The molecule has 2 aromatic rings. The molecular formula is C33H48N2O3S. The molecule has 5 nitrogen and oxygen atoms in total. The number of ether oxygens (including phenoxy) is 2.